The second kappa shape index (κ2) is 18.4. The van der Waals surface area contributed by atoms with Crippen molar-refractivity contribution in [3.63, 3.8) is 0 Å². The van der Waals surface area contributed by atoms with Crippen LogP contribution >= 0.6 is 24.8 Å². The molecular weight excluding hydrogens is 735 g/mol. The maximum Gasteiger partial charge on any atom is 0.200 e. The Balaban J connectivity index is 0.000000253. The van der Waals surface area contributed by atoms with Crippen molar-refractivity contribution < 1.29 is 39.9 Å². The van der Waals surface area contributed by atoms with Crippen molar-refractivity contribution in [1.29, 1.82) is 0 Å². The summed E-state index contributed by atoms with van der Waals surface area (Å²) in [5.41, 5.74) is 4.71. The maximum atomic E-state index is 13.4. The highest BCUT2D eigenvalue weighted by Gasteiger charge is 2.52. The summed E-state index contributed by atoms with van der Waals surface area (Å²) >= 11 is 0. The van der Waals surface area contributed by atoms with Crippen LogP contribution in [0.4, 0.5) is 11.4 Å². The van der Waals surface area contributed by atoms with Crippen molar-refractivity contribution in [3.05, 3.63) is 87.5 Å². The number of aromatic hydroxyl groups is 3. The third-order valence-electron chi connectivity index (χ3n) is 11.0. The average molecular weight is 786 g/mol. The fourth-order valence-corrected chi connectivity index (χ4v) is 8.37. The van der Waals surface area contributed by atoms with E-state index in [1.807, 2.05) is 6.07 Å². The van der Waals surface area contributed by atoms with Crippen LogP contribution in [0.3, 0.4) is 0 Å². The molecule has 0 bridgehead atoms. The van der Waals surface area contributed by atoms with Crippen LogP contribution in [0.15, 0.2) is 54.1 Å². The number of phenols is 3. The Bertz CT molecular complexity index is 1830. The summed E-state index contributed by atoms with van der Waals surface area (Å²) in [6, 6.07) is 11.5. The molecule has 0 aromatic heterocycles. The van der Waals surface area contributed by atoms with Crippen LogP contribution in [0.5, 0.6) is 17.2 Å². The number of carbonyl (C=O) groups is 3. The zero-order valence-electron chi connectivity index (χ0n) is 30.2. The fourth-order valence-electron chi connectivity index (χ4n) is 8.37. The van der Waals surface area contributed by atoms with E-state index in [0.717, 1.165) is 32.1 Å². The summed E-state index contributed by atoms with van der Waals surface area (Å²) in [6.45, 7) is 4.99. The lowest BCUT2D eigenvalue weighted by atomic mass is 9.60. The number of allylic oxidation sites excluding steroid dienone is 2. The molecule has 3 aromatic carbocycles. The van der Waals surface area contributed by atoms with Crippen LogP contribution in [0, 0.1) is 11.3 Å². The molecule has 0 amide bonds. The van der Waals surface area contributed by atoms with E-state index in [1.165, 1.54) is 28.8 Å². The summed E-state index contributed by atoms with van der Waals surface area (Å²) < 4.78 is 0. The number of fused-ring (bicyclic) bond motifs is 7. The monoisotopic (exact) mass is 784 g/mol. The van der Waals surface area contributed by atoms with Crippen LogP contribution < -0.4 is 21.3 Å². The summed E-state index contributed by atoms with van der Waals surface area (Å²) in [4.78, 5) is 39.0. The number of phenolic OH excluding ortho intramolecular Hbond substituents is 3. The van der Waals surface area contributed by atoms with Crippen LogP contribution in [0.2, 0.25) is 0 Å². The Labute approximate surface area is 327 Å². The van der Waals surface area contributed by atoms with Crippen molar-refractivity contribution in [3.8, 4) is 17.2 Å². The average Bonchev–Trinajstić information content (AvgIpc) is 3.45. The number of anilines is 2. The van der Waals surface area contributed by atoms with Gasteiger partial charge in [-0.25, -0.2) is 0 Å². The Morgan fingerprint density at radius 2 is 1.26 bits per heavy atom. The minimum atomic E-state index is -0.559. The van der Waals surface area contributed by atoms with E-state index in [0.29, 0.717) is 74.0 Å². The highest BCUT2D eigenvalue weighted by atomic mass is 35.5. The van der Waals surface area contributed by atoms with Gasteiger partial charge in [0.05, 0.1) is 35.5 Å². The molecule has 292 valence electrons. The van der Waals surface area contributed by atoms with Crippen molar-refractivity contribution in [2.75, 3.05) is 63.1 Å². The normalized spacial score (nSPS) is 20.4. The lowest BCUT2D eigenvalue weighted by Gasteiger charge is -2.43. The molecule has 12 nitrogen and oxygen atoms in total. The van der Waals surface area contributed by atoms with Gasteiger partial charge in [0.1, 0.15) is 23.0 Å². The molecule has 0 aliphatic heterocycles. The number of benzene rings is 3. The molecule has 0 radical (unpaired) electrons. The first-order chi connectivity index (χ1) is 25.1. The maximum absolute atomic E-state index is 13.4. The number of hydrogen-bond donors (Lipinski definition) is 9. The summed E-state index contributed by atoms with van der Waals surface area (Å²) in [6.07, 6.45) is 7.11. The Morgan fingerprint density at radius 3 is 1.80 bits per heavy atom. The molecule has 4 aliphatic carbocycles. The quantitative estimate of drug-likeness (QED) is 0.0557. The topological polar surface area (TPSA) is 200 Å². The first-order valence-electron chi connectivity index (χ1n) is 18.1. The standard InChI is InChI=1S/C22H28N4O6.C18H20O2.2ClH/c27-11-9-23-5-7-25-13-1-2-14(26-8-6-24-10-12-28)18-17(13)21(31)19-15(29)3-4-16(30)20(19)22(18)32;1-18-9-8-14-13-5-3-12(19)10-11(13)2-4-15(14)16(18)6-7-17(18)20;;/h1-4,23-30H,5-12H2;3-5,10,14,16,19H,2,6-9H2,1H3;2*1H. The van der Waals surface area contributed by atoms with Gasteiger partial charge in [-0.05, 0) is 79.1 Å². The van der Waals surface area contributed by atoms with Gasteiger partial charge in [-0.3, -0.25) is 14.4 Å². The molecule has 14 heteroatoms. The van der Waals surface area contributed by atoms with Gasteiger partial charge in [-0.1, -0.05) is 24.6 Å². The van der Waals surface area contributed by atoms with Gasteiger partial charge in [0, 0.05) is 68.4 Å². The van der Waals surface area contributed by atoms with E-state index < -0.39 is 11.6 Å². The molecule has 9 N–H and O–H groups in total. The molecule has 3 unspecified atom stereocenters. The molecule has 7 rings (SSSR count). The second-order valence-electron chi connectivity index (χ2n) is 14.0. The number of Topliss-reactive ketones (excluding diaryl/α,β-unsaturated/α-hetero) is 1. The minimum Gasteiger partial charge on any atom is -0.508 e. The zero-order valence-corrected chi connectivity index (χ0v) is 31.9. The smallest absolute Gasteiger partial charge is 0.200 e. The molecule has 3 atom stereocenters. The lowest BCUT2D eigenvalue weighted by Crippen LogP contribution is -2.37. The van der Waals surface area contributed by atoms with Gasteiger partial charge in [0.25, 0.3) is 0 Å². The fraction of sp³-hybridized carbons (Fsp3) is 0.425. The number of hydrogen-bond acceptors (Lipinski definition) is 12. The van der Waals surface area contributed by atoms with Crippen LogP contribution in [-0.2, 0) is 11.2 Å². The number of rotatable bonds is 12. The van der Waals surface area contributed by atoms with Crippen molar-refractivity contribution >= 4 is 53.5 Å². The second-order valence-corrected chi connectivity index (χ2v) is 14.0. The van der Waals surface area contributed by atoms with Crippen molar-refractivity contribution in [2.24, 2.45) is 11.3 Å². The molecule has 4 aliphatic rings. The summed E-state index contributed by atoms with van der Waals surface area (Å²) in [7, 11) is 0. The number of ketones is 3. The highest BCUT2D eigenvalue weighted by Crippen LogP contribution is 2.58. The van der Waals surface area contributed by atoms with Gasteiger partial charge >= 0.3 is 0 Å². The van der Waals surface area contributed by atoms with Crippen molar-refractivity contribution in [2.45, 2.75) is 44.9 Å². The molecule has 54 heavy (non-hydrogen) atoms. The third-order valence-corrected chi connectivity index (χ3v) is 11.0. The Kier molecular flexibility index (Phi) is 14.5. The van der Waals surface area contributed by atoms with Gasteiger partial charge in [-0.2, -0.15) is 0 Å². The number of aliphatic hydroxyl groups is 2. The summed E-state index contributed by atoms with van der Waals surface area (Å²) in [5, 5.41) is 60.2. The van der Waals surface area contributed by atoms with E-state index >= 15 is 0 Å². The molecule has 2 fully saturated rings. The van der Waals surface area contributed by atoms with Gasteiger partial charge in [-0.15, -0.1) is 24.8 Å². The van der Waals surface area contributed by atoms with Crippen LogP contribution in [-0.4, -0.2) is 95.4 Å². The van der Waals surface area contributed by atoms with E-state index in [-0.39, 0.29) is 77.2 Å². The number of carbonyl (C=O) groups excluding carboxylic acids is 3. The van der Waals surface area contributed by atoms with E-state index in [9.17, 15) is 29.7 Å². The Morgan fingerprint density at radius 1 is 0.704 bits per heavy atom. The van der Waals surface area contributed by atoms with Crippen molar-refractivity contribution in [1.82, 2.24) is 10.6 Å². The first kappa shape index (κ1) is 42.6. The minimum absolute atomic E-state index is 0. The van der Waals surface area contributed by atoms with E-state index in [1.54, 1.807) is 18.2 Å². The molecular formula is C40H50Cl2N4O8. The number of halogens is 2. The van der Waals surface area contributed by atoms with E-state index in [2.05, 4.69) is 40.3 Å². The van der Waals surface area contributed by atoms with Gasteiger partial charge in [0.15, 0.2) is 0 Å². The first-order valence-corrected chi connectivity index (χ1v) is 18.1. The largest absolute Gasteiger partial charge is 0.508 e. The van der Waals surface area contributed by atoms with Gasteiger partial charge < -0.3 is 46.8 Å². The Hall–Kier alpha value is -4.17. The third kappa shape index (κ3) is 8.24. The zero-order chi connectivity index (χ0) is 37.0. The molecule has 3 aromatic rings. The molecule has 0 heterocycles. The number of aliphatic hydroxyl groups excluding tert-OH is 2. The molecule has 2 saturated carbocycles. The van der Waals surface area contributed by atoms with Gasteiger partial charge in [0.2, 0.25) is 11.6 Å². The lowest BCUT2D eigenvalue weighted by molar-refractivity contribution is -0.126. The number of nitrogens with one attached hydrogen (secondary N) is 4. The van der Waals surface area contributed by atoms with Crippen LogP contribution in [0.1, 0.15) is 81.5 Å². The highest BCUT2D eigenvalue weighted by molar-refractivity contribution is 6.33. The molecule has 0 saturated heterocycles. The van der Waals surface area contributed by atoms with Crippen LogP contribution in [0.25, 0.3) is 0 Å². The predicted octanol–water partition coefficient (Wildman–Crippen LogP) is 4.44. The van der Waals surface area contributed by atoms with E-state index in [4.69, 9.17) is 10.2 Å². The molecule has 0 spiro atoms. The SMILES string of the molecule is CC12CCC3C(=CCc4cc(O)ccc43)C1CCC2=O.Cl.Cl.O=C1c2c(O)ccc(O)c2C(=O)c2c(NCCNCCO)ccc(NCCNCCO)c21. The summed E-state index contributed by atoms with van der Waals surface area (Å²) in [5.74, 6) is -0.103. The predicted molar refractivity (Wildman–Crippen MR) is 212 cm³/mol.